The lowest BCUT2D eigenvalue weighted by atomic mass is 10.1. The molecule has 5 heteroatoms. The standard InChI is InChI=1S/C13H14Cl2N2S/c1-8-13(17-12(18-8)5-6-16-2)9-3-4-10(14)11(15)7-9/h3-4,7,16H,5-6H2,1-2H3. The van der Waals surface area contributed by atoms with E-state index in [0.29, 0.717) is 10.0 Å². The van der Waals surface area contributed by atoms with Gasteiger partial charge in [-0.1, -0.05) is 29.3 Å². The molecule has 1 aromatic carbocycles. The van der Waals surface area contributed by atoms with Gasteiger partial charge in [0, 0.05) is 23.4 Å². The Hall–Kier alpha value is -0.610. The van der Waals surface area contributed by atoms with Crippen molar-refractivity contribution in [1.29, 1.82) is 0 Å². The monoisotopic (exact) mass is 300 g/mol. The minimum atomic E-state index is 0.568. The fourth-order valence-corrected chi connectivity index (χ4v) is 2.95. The summed E-state index contributed by atoms with van der Waals surface area (Å²) < 4.78 is 0. The molecule has 1 aromatic heterocycles. The van der Waals surface area contributed by atoms with Gasteiger partial charge in [0.2, 0.25) is 0 Å². The van der Waals surface area contributed by atoms with E-state index in [9.17, 15) is 0 Å². The highest BCUT2D eigenvalue weighted by atomic mass is 35.5. The summed E-state index contributed by atoms with van der Waals surface area (Å²) >= 11 is 13.7. The van der Waals surface area contributed by atoms with Crippen LogP contribution in [0.1, 0.15) is 9.88 Å². The molecule has 0 saturated heterocycles. The second-order valence-electron chi connectivity index (χ2n) is 3.99. The fraction of sp³-hybridized carbons (Fsp3) is 0.308. The summed E-state index contributed by atoms with van der Waals surface area (Å²) in [5.74, 6) is 0. The van der Waals surface area contributed by atoms with Crippen molar-refractivity contribution in [1.82, 2.24) is 10.3 Å². The highest BCUT2D eigenvalue weighted by Gasteiger charge is 2.10. The van der Waals surface area contributed by atoms with Crippen LogP contribution in [0.25, 0.3) is 11.3 Å². The average Bonchev–Trinajstić information content (AvgIpc) is 2.71. The summed E-state index contributed by atoms with van der Waals surface area (Å²) in [4.78, 5) is 5.87. The lowest BCUT2D eigenvalue weighted by Gasteiger charge is -2.01. The van der Waals surface area contributed by atoms with E-state index < -0.39 is 0 Å². The van der Waals surface area contributed by atoms with Crippen LogP contribution in [0.15, 0.2) is 18.2 Å². The summed E-state index contributed by atoms with van der Waals surface area (Å²) in [5, 5.41) is 5.41. The number of thiazole rings is 1. The maximum absolute atomic E-state index is 6.04. The molecule has 0 bridgehead atoms. The van der Waals surface area contributed by atoms with Crippen LogP contribution < -0.4 is 5.32 Å². The number of aryl methyl sites for hydroxylation is 1. The smallest absolute Gasteiger partial charge is 0.0948 e. The Labute approximate surface area is 121 Å². The number of benzene rings is 1. The molecular formula is C13H14Cl2N2S. The molecule has 0 unspecified atom stereocenters. The van der Waals surface area contributed by atoms with Gasteiger partial charge in [0.05, 0.1) is 20.7 Å². The zero-order chi connectivity index (χ0) is 13.1. The summed E-state index contributed by atoms with van der Waals surface area (Å²) in [6.45, 7) is 3.02. The average molecular weight is 301 g/mol. The van der Waals surface area contributed by atoms with Crippen molar-refractivity contribution in [3.63, 3.8) is 0 Å². The van der Waals surface area contributed by atoms with Crippen LogP contribution in [0.2, 0.25) is 10.0 Å². The van der Waals surface area contributed by atoms with Gasteiger partial charge >= 0.3 is 0 Å². The van der Waals surface area contributed by atoms with Crippen LogP contribution in [-0.4, -0.2) is 18.6 Å². The largest absolute Gasteiger partial charge is 0.319 e. The predicted octanol–water partition coefficient (Wildman–Crippen LogP) is 4.19. The van der Waals surface area contributed by atoms with E-state index >= 15 is 0 Å². The van der Waals surface area contributed by atoms with Gasteiger partial charge in [0.15, 0.2) is 0 Å². The zero-order valence-electron chi connectivity index (χ0n) is 10.3. The van der Waals surface area contributed by atoms with Crippen LogP contribution >= 0.6 is 34.5 Å². The summed E-state index contributed by atoms with van der Waals surface area (Å²) in [7, 11) is 1.94. The van der Waals surface area contributed by atoms with Gasteiger partial charge in [0.1, 0.15) is 0 Å². The van der Waals surface area contributed by atoms with Crippen molar-refractivity contribution in [2.45, 2.75) is 13.3 Å². The third kappa shape index (κ3) is 3.04. The second-order valence-corrected chi connectivity index (χ2v) is 6.10. The minimum Gasteiger partial charge on any atom is -0.319 e. The third-order valence-corrected chi connectivity index (χ3v) is 4.39. The number of hydrogen-bond donors (Lipinski definition) is 1. The number of rotatable bonds is 4. The van der Waals surface area contributed by atoms with E-state index in [-0.39, 0.29) is 0 Å². The second kappa shape index (κ2) is 6.02. The summed E-state index contributed by atoms with van der Waals surface area (Å²) in [6, 6.07) is 5.64. The van der Waals surface area contributed by atoms with Crippen LogP contribution in [0, 0.1) is 6.92 Å². The van der Waals surface area contributed by atoms with Gasteiger partial charge in [-0.2, -0.15) is 0 Å². The molecule has 0 spiro atoms. The number of nitrogens with zero attached hydrogens (tertiary/aromatic N) is 1. The Morgan fingerprint density at radius 3 is 2.72 bits per heavy atom. The molecule has 0 atom stereocenters. The van der Waals surface area contributed by atoms with E-state index in [1.165, 1.54) is 4.88 Å². The molecule has 2 aromatic rings. The first kappa shape index (κ1) is 13.8. The summed E-state index contributed by atoms with van der Waals surface area (Å²) in [6.07, 6.45) is 0.948. The van der Waals surface area contributed by atoms with Crippen molar-refractivity contribution in [3.8, 4) is 11.3 Å². The molecule has 0 aliphatic rings. The molecule has 2 nitrogen and oxygen atoms in total. The SMILES string of the molecule is CNCCc1nc(-c2ccc(Cl)c(Cl)c2)c(C)s1. The van der Waals surface area contributed by atoms with E-state index in [1.807, 2.05) is 25.2 Å². The molecule has 1 N–H and O–H groups in total. The lowest BCUT2D eigenvalue weighted by Crippen LogP contribution is -2.09. The van der Waals surface area contributed by atoms with Gasteiger partial charge in [-0.15, -0.1) is 11.3 Å². The first-order valence-electron chi connectivity index (χ1n) is 5.68. The molecule has 18 heavy (non-hydrogen) atoms. The molecule has 2 rings (SSSR count). The highest BCUT2D eigenvalue weighted by molar-refractivity contribution is 7.12. The lowest BCUT2D eigenvalue weighted by molar-refractivity contribution is 0.788. The predicted molar refractivity (Wildman–Crippen MR) is 79.9 cm³/mol. The highest BCUT2D eigenvalue weighted by Crippen LogP contribution is 2.32. The number of nitrogens with one attached hydrogen (secondary N) is 1. The first-order chi connectivity index (χ1) is 8.61. The Morgan fingerprint density at radius 2 is 2.06 bits per heavy atom. The maximum Gasteiger partial charge on any atom is 0.0948 e. The topological polar surface area (TPSA) is 24.9 Å². The molecular weight excluding hydrogens is 287 g/mol. The van der Waals surface area contributed by atoms with E-state index in [1.54, 1.807) is 11.3 Å². The number of likely N-dealkylation sites (N-methyl/N-ethyl adjacent to an activating group) is 1. The number of halogens is 2. The van der Waals surface area contributed by atoms with Crippen molar-refractivity contribution in [2.24, 2.45) is 0 Å². The number of aromatic nitrogens is 1. The van der Waals surface area contributed by atoms with E-state index in [0.717, 1.165) is 29.2 Å². The molecule has 0 aliphatic carbocycles. The zero-order valence-corrected chi connectivity index (χ0v) is 12.6. The molecule has 0 radical (unpaired) electrons. The normalized spacial score (nSPS) is 10.9. The van der Waals surface area contributed by atoms with Crippen molar-refractivity contribution in [2.75, 3.05) is 13.6 Å². The molecule has 0 aliphatic heterocycles. The van der Waals surface area contributed by atoms with Crippen LogP contribution in [0.4, 0.5) is 0 Å². The Morgan fingerprint density at radius 1 is 1.28 bits per heavy atom. The van der Waals surface area contributed by atoms with Crippen LogP contribution in [0.3, 0.4) is 0 Å². The van der Waals surface area contributed by atoms with Gasteiger partial charge < -0.3 is 5.32 Å². The van der Waals surface area contributed by atoms with Crippen LogP contribution in [0.5, 0.6) is 0 Å². The van der Waals surface area contributed by atoms with Crippen molar-refractivity contribution in [3.05, 3.63) is 38.1 Å². The third-order valence-electron chi connectivity index (χ3n) is 2.62. The molecule has 0 amide bonds. The molecule has 0 saturated carbocycles. The van der Waals surface area contributed by atoms with Crippen molar-refractivity contribution < 1.29 is 0 Å². The quantitative estimate of drug-likeness (QED) is 0.916. The van der Waals surface area contributed by atoms with Gasteiger partial charge in [0.25, 0.3) is 0 Å². The summed E-state index contributed by atoms with van der Waals surface area (Å²) in [5.41, 5.74) is 2.03. The molecule has 1 heterocycles. The van der Waals surface area contributed by atoms with Gasteiger partial charge in [-0.3, -0.25) is 0 Å². The van der Waals surface area contributed by atoms with E-state index in [4.69, 9.17) is 23.2 Å². The van der Waals surface area contributed by atoms with Gasteiger partial charge in [-0.25, -0.2) is 4.98 Å². The Bertz CT molecular complexity index is 552. The van der Waals surface area contributed by atoms with Crippen molar-refractivity contribution >= 4 is 34.5 Å². The first-order valence-corrected chi connectivity index (χ1v) is 7.25. The van der Waals surface area contributed by atoms with Crippen LogP contribution in [-0.2, 0) is 6.42 Å². The Balaban J connectivity index is 2.32. The fourth-order valence-electron chi connectivity index (χ4n) is 1.70. The number of hydrogen-bond acceptors (Lipinski definition) is 3. The minimum absolute atomic E-state index is 0.568. The van der Waals surface area contributed by atoms with Gasteiger partial charge in [-0.05, 0) is 26.1 Å². The molecule has 96 valence electrons. The van der Waals surface area contributed by atoms with E-state index in [2.05, 4.69) is 17.2 Å². The molecule has 0 fully saturated rings. The Kier molecular flexibility index (Phi) is 4.62. The maximum atomic E-state index is 6.04.